The molecule has 0 bridgehead atoms. The van der Waals surface area contributed by atoms with Crippen molar-refractivity contribution in [1.82, 2.24) is 0 Å². The lowest BCUT2D eigenvalue weighted by molar-refractivity contribution is 0.267. The number of rotatable bonds is 8. The summed E-state index contributed by atoms with van der Waals surface area (Å²) in [6, 6.07) is 3.69. The van der Waals surface area contributed by atoms with Gasteiger partial charge in [-0.3, -0.25) is 0 Å². The Balaban J connectivity index is 2.71. The van der Waals surface area contributed by atoms with Gasteiger partial charge in [0.15, 0.2) is 11.5 Å². The standard InChI is InChI=1S/C15H24O3/c1-4-6-8-17-13-10-12(3)11-14(15(13)16)18-9-7-5-2/h10-11,16H,4-9H2,1-3H3. The van der Waals surface area contributed by atoms with Crippen LogP contribution in [0.3, 0.4) is 0 Å². The second kappa shape index (κ2) is 7.85. The number of hydrogen-bond donors (Lipinski definition) is 1. The first-order valence-electron chi connectivity index (χ1n) is 6.78. The van der Waals surface area contributed by atoms with E-state index in [1.807, 2.05) is 19.1 Å². The number of ether oxygens (including phenoxy) is 2. The molecule has 0 aliphatic heterocycles. The van der Waals surface area contributed by atoms with Crippen molar-refractivity contribution < 1.29 is 14.6 Å². The van der Waals surface area contributed by atoms with Gasteiger partial charge < -0.3 is 14.6 Å². The third kappa shape index (κ3) is 4.47. The van der Waals surface area contributed by atoms with E-state index in [4.69, 9.17) is 9.47 Å². The number of unbranched alkanes of at least 4 members (excludes halogenated alkanes) is 2. The van der Waals surface area contributed by atoms with Crippen LogP contribution in [-0.4, -0.2) is 18.3 Å². The third-order valence-corrected chi connectivity index (χ3v) is 2.70. The van der Waals surface area contributed by atoms with Crippen LogP contribution in [0, 0.1) is 6.92 Å². The number of phenols is 1. The van der Waals surface area contributed by atoms with E-state index in [2.05, 4.69) is 13.8 Å². The molecule has 102 valence electrons. The molecule has 0 saturated heterocycles. The second-order valence-electron chi connectivity index (χ2n) is 4.51. The molecule has 3 nitrogen and oxygen atoms in total. The van der Waals surface area contributed by atoms with Crippen molar-refractivity contribution in [3.05, 3.63) is 17.7 Å². The minimum Gasteiger partial charge on any atom is -0.502 e. The second-order valence-corrected chi connectivity index (χ2v) is 4.51. The molecule has 0 aliphatic carbocycles. The Morgan fingerprint density at radius 1 is 0.944 bits per heavy atom. The molecule has 0 aromatic heterocycles. The van der Waals surface area contributed by atoms with Crippen molar-refractivity contribution in [2.24, 2.45) is 0 Å². The van der Waals surface area contributed by atoms with E-state index < -0.39 is 0 Å². The Bertz CT molecular complexity index is 330. The predicted octanol–water partition coefficient (Wildman–Crippen LogP) is 4.06. The van der Waals surface area contributed by atoms with Gasteiger partial charge in [0.2, 0.25) is 5.75 Å². The fourth-order valence-electron chi connectivity index (χ4n) is 1.59. The fraction of sp³-hybridized carbons (Fsp3) is 0.600. The average Bonchev–Trinajstić information content (AvgIpc) is 2.35. The molecule has 0 heterocycles. The van der Waals surface area contributed by atoms with Gasteiger partial charge in [0.1, 0.15) is 0 Å². The van der Waals surface area contributed by atoms with Crippen molar-refractivity contribution in [2.45, 2.75) is 46.5 Å². The summed E-state index contributed by atoms with van der Waals surface area (Å²) >= 11 is 0. The molecule has 0 amide bonds. The minimum atomic E-state index is 0.118. The molecule has 18 heavy (non-hydrogen) atoms. The summed E-state index contributed by atoms with van der Waals surface area (Å²) in [6.45, 7) is 7.44. The summed E-state index contributed by atoms with van der Waals surface area (Å²) in [5, 5.41) is 10.1. The summed E-state index contributed by atoms with van der Waals surface area (Å²) in [5.74, 6) is 1.16. The molecule has 0 aliphatic rings. The van der Waals surface area contributed by atoms with Gasteiger partial charge in [0.25, 0.3) is 0 Å². The molecular weight excluding hydrogens is 228 g/mol. The normalized spacial score (nSPS) is 10.4. The maximum absolute atomic E-state index is 10.1. The maximum Gasteiger partial charge on any atom is 0.200 e. The van der Waals surface area contributed by atoms with Crippen LogP contribution in [0.4, 0.5) is 0 Å². The largest absolute Gasteiger partial charge is 0.502 e. The zero-order chi connectivity index (χ0) is 13.4. The topological polar surface area (TPSA) is 38.7 Å². The highest BCUT2D eigenvalue weighted by atomic mass is 16.5. The predicted molar refractivity (Wildman–Crippen MR) is 73.6 cm³/mol. The van der Waals surface area contributed by atoms with Crippen molar-refractivity contribution >= 4 is 0 Å². The number of phenolic OH excluding ortho intramolecular Hbond substituents is 1. The Morgan fingerprint density at radius 2 is 1.39 bits per heavy atom. The summed E-state index contributed by atoms with van der Waals surface area (Å²) < 4.78 is 11.1. The molecule has 1 aromatic carbocycles. The highest BCUT2D eigenvalue weighted by molar-refractivity contribution is 5.52. The zero-order valence-corrected chi connectivity index (χ0v) is 11.7. The molecule has 1 N–H and O–H groups in total. The Hall–Kier alpha value is -1.38. The molecule has 0 saturated carbocycles. The van der Waals surface area contributed by atoms with Crippen LogP contribution in [0.15, 0.2) is 12.1 Å². The highest BCUT2D eigenvalue weighted by Crippen LogP contribution is 2.37. The number of aryl methyl sites for hydroxylation is 1. The van der Waals surface area contributed by atoms with Crippen LogP contribution in [-0.2, 0) is 0 Å². The molecule has 0 fully saturated rings. The minimum absolute atomic E-state index is 0.118. The molecule has 0 radical (unpaired) electrons. The molecule has 0 unspecified atom stereocenters. The van der Waals surface area contributed by atoms with Gasteiger partial charge in [-0.05, 0) is 37.5 Å². The highest BCUT2D eigenvalue weighted by Gasteiger charge is 2.11. The molecular formula is C15H24O3. The smallest absolute Gasteiger partial charge is 0.200 e. The van der Waals surface area contributed by atoms with Gasteiger partial charge in [0.05, 0.1) is 13.2 Å². The van der Waals surface area contributed by atoms with Gasteiger partial charge >= 0.3 is 0 Å². The van der Waals surface area contributed by atoms with E-state index >= 15 is 0 Å². The van der Waals surface area contributed by atoms with Crippen molar-refractivity contribution in [1.29, 1.82) is 0 Å². The maximum atomic E-state index is 10.1. The lowest BCUT2D eigenvalue weighted by Gasteiger charge is -2.13. The van der Waals surface area contributed by atoms with Crippen molar-refractivity contribution in [3.63, 3.8) is 0 Å². The Kier molecular flexibility index (Phi) is 6.40. The number of aromatic hydroxyl groups is 1. The molecule has 0 spiro atoms. The van der Waals surface area contributed by atoms with Gasteiger partial charge in [-0.2, -0.15) is 0 Å². The summed E-state index contributed by atoms with van der Waals surface area (Å²) in [7, 11) is 0. The molecule has 1 rings (SSSR count). The van der Waals surface area contributed by atoms with Crippen LogP contribution < -0.4 is 9.47 Å². The van der Waals surface area contributed by atoms with Crippen LogP contribution in [0.5, 0.6) is 17.2 Å². The summed E-state index contributed by atoms with van der Waals surface area (Å²) in [4.78, 5) is 0. The Morgan fingerprint density at radius 3 is 1.78 bits per heavy atom. The van der Waals surface area contributed by atoms with Gasteiger partial charge in [-0.15, -0.1) is 0 Å². The van der Waals surface area contributed by atoms with E-state index in [0.29, 0.717) is 24.7 Å². The third-order valence-electron chi connectivity index (χ3n) is 2.70. The van der Waals surface area contributed by atoms with E-state index in [1.54, 1.807) is 0 Å². The van der Waals surface area contributed by atoms with E-state index in [-0.39, 0.29) is 5.75 Å². The summed E-state index contributed by atoms with van der Waals surface area (Å²) in [5.41, 5.74) is 1.03. The quantitative estimate of drug-likeness (QED) is 0.709. The Labute approximate surface area is 110 Å². The van der Waals surface area contributed by atoms with Crippen molar-refractivity contribution in [2.75, 3.05) is 13.2 Å². The first kappa shape index (κ1) is 14.7. The van der Waals surface area contributed by atoms with Gasteiger partial charge in [-0.1, -0.05) is 26.7 Å². The average molecular weight is 252 g/mol. The first-order chi connectivity index (χ1) is 8.69. The van der Waals surface area contributed by atoms with E-state index in [1.165, 1.54) is 0 Å². The number of benzene rings is 1. The van der Waals surface area contributed by atoms with Crippen molar-refractivity contribution in [3.8, 4) is 17.2 Å². The molecule has 3 heteroatoms. The molecule has 1 aromatic rings. The fourth-order valence-corrected chi connectivity index (χ4v) is 1.59. The molecule has 0 atom stereocenters. The number of hydrogen-bond acceptors (Lipinski definition) is 3. The van der Waals surface area contributed by atoms with Crippen LogP contribution >= 0.6 is 0 Å². The monoisotopic (exact) mass is 252 g/mol. The lowest BCUT2D eigenvalue weighted by Crippen LogP contribution is -2.00. The van der Waals surface area contributed by atoms with Crippen LogP contribution in [0.25, 0.3) is 0 Å². The zero-order valence-electron chi connectivity index (χ0n) is 11.7. The lowest BCUT2D eigenvalue weighted by atomic mass is 10.2. The van der Waals surface area contributed by atoms with E-state index in [9.17, 15) is 5.11 Å². The SMILES string of the molecule is CCCCOc1cc(C)cc(OCCCC)c1O. The van der Waals surface area contributed by atoms with Gasteiger partial charge in [0, 0.05) is 0 Å². The van der Waals surface area contributed by atoms with Crippen LogP contribution in [0.2, 0.25) is 0 Å². The van der Waals surface area contributed by atoms with Gasteiger partial charge in [-0.25, -0.2) is 0 Å². The van der Waals surface area contributed by atoms with E-state index in [0.717, 1.165) is 31.2 Å². The van der Waals surface area contributed by atoms with Crippen LogP contribution in [0.1, 0.15) is 45.1 Å². The first-order valence-corrected chi connectivity index (χ1v) is 6.78. The summed E-state index contributed by atoms with van der Waals surface area (Å²) in [6.07, 6.45) is 4.12.